The summed E-state index contributed by atoms with van der Waals surface area (Å²) < 4.78 is 6.97. The van der Waals surface area contributed by atoms with E-state index in [-0.39, 0.29) is 24.4 Å². The summed E-state index contributed by atoms with van der Waals surface area (Å²) in [6.45, 7) is 5.90. The van der Waals surface area contributed by atoms with Gasteiger partial charge in [0.1, 0.15) is 23.7 Å². The minimum Gasteiger partial charge on any atom is -0.495 e. The summed E-state index contributed by atoms with van der Waals surface area (Å²) in [5, 5.41) is 5.62. The van der Waals surface area contributed by atoms with Gasteiger partial charge in [0.15, 0.2) is 0 Å². The standard InChI is InChI=1S/C26H30Cl2N6O3/c1-16-14-32(19-7-8-20(27)22(12-19)37-5)10-11-33(16)23(35)15-34-17(2)24(28)25(30-34)18-6-9-21(29-13-18)26(36)31(3)4/h6-9,12-13,16H,10-11,14-15H2,1-5H3. The lowest BCUT2D eigenvalue weighted by Crippen LogP contribution is -2.54. The van der Waals surface area contributed by atoms with E-state index in [0.29, 0.717) is 58.1 Å². The van der Waals surface area contributed by atoms with Crippen molar-refractivity contribution >= 4 is 40.7 Å². The lowest BCUT2D eigenvalue weighted by Gasteiger charge is -2.41. The zero-order valence-corrected chi connectivity index (χ0v) is 23.0. The highest BCUT2D eigenvalue weighted by Crippen LogP contribution is 2.31. The topological polar surface area (TPSA) is 83.8 Å². The molecule has 1 aliphatic heterocycles. The van der Waals surface area contributed by atoms with Crippen LogP contribution >= 0.6 is 23.2 Å². The number of hydrogen-bond acceptors (Lipinski definition) is 6. The molecule has 1 unspecified atom stereocenters. The molecule has 0 aliphatic carbocycles. The lowest BCUT2D eigenvalue weighted by atomic mass is 10.1. The van der Waals surface area contributed by atoms with Crippen molar-refractivity contribution < 1.29 is 14.3 Å². The predicted molar refractivity (Wildman–Crippen MR) is 145 cm³/mol. The molecule has 0 spiro atoms. The van der Waals surface area contributed by atoms with Crippen LogP contribution in [0.15, 0.2) is 36.5 Å². The molecule has 1 aliphatic rings. The van der Waals surface area contributed by atoms with Gasteiger partial charge >= 0.3 is 0 Å². The number of carbonyl (C=O) groups excluding carboxylic acids is 2. The van der Waals surface area contributed by atoms with Gasteiger partial charge in [-0.05, 0) is 38.1 Å². The van der Waals surface area contributed by atoms with E-state index in [4.69, 9.17) is 27.9 Å². The number of amides is 2. The van der Waals surface area contributed by atoms with Crippen LogP contribution in [0.25, 0.3) is 11.3 Å². The van der Waals surface area contributed by atoms with Crippen LogP contribution in [0, 0.1) is 6.92 Å². The average molecular weight is 545 g/mol. The van der Waals surface area contributed by atoms with Crippen LogP contribution in [0.4, 0.5) is 5.69 Å². The molecule has 2 amide bonds. The van der Waals surface area contributed by atoms with Crippen molar-refractivity contribution in [2.75, 3.05) is 45.7 Å². The highest BCUT2D eigenvalue weighted by Gasteiger charge is 2.29. The molecule has 9 nitrogen and oxygen atoms in total. The number of pyridine rings is 1. The van der Waals surface area contributed by atoms with Crippen molar-refractivity contribution in [2.45, 2.75) is 26.4 Å². The Morgan fingerprint density at radius 1 is 1.16 bits per heavy atom. The second-order valence-corrected chi connectivity index (χ2v) is 10.0. The van der Waals surface area contributed by atoms with Gasteiger partial charge < -0.3 is 19.4 Å². The maximum atomic E-state index is 13.3. The van der Waals surface area contributed by atoms with Gasteiger partial charge in [-0.1, -0.05) is 23.2 Å². The van der Waals surface area contributed by atoms with Crippen molar-refractivity contribution in [1.29, 1.82) is 0 Å². The molecule has 3 aromatic rings. The second-order valence-electron chi connectivity index (χ2n) is 9.24. The first kappa shape index (κ1) is 26.8. The van der Waals surface area contributed by atoms with E-state index in [1.165, 1.54) is 4.90 Å². The number of aromatic nitrogens is 3. The molecular formula is C26H30Cl2N6O3. The molecule has 0 bridgehead atoms. The second kappa shape index (κ2) is 11.0. The molecule has 1 atom stereocenters. The number of benzene rings is 1. The number of rotatable bonds is 6. The first-order valence-electron chi connectivity index (χ1n) is 11.9. The van der Waals surface area contributed by atoms with Crippen LogP contribution in [0.2, 0.25) is 10.0 Å². The van der Waals surface area contributed by atoms with Crippen molar-refractivity contribution in [1.82, 2.24) is 24.6 Å². The van der Waals surface area contributed by atoms with E-state index in [0.717, 1.165) is 5.69 Å². The fourth-order valence-electron chi connectivity index (χ4n) is 4.38. The maximum Gasteiger partial charge on any atom is 0.271 e. The summed E-state index contributed by atoms with van der Waals surface area (Å²) in [6.07, 6.45) is 1.57. The Bertz CT molecular complexity index is 1310. The number of piperazine rings is 1. The molecule has 3 heterocycles. The number of halogens is 2. The van der Waals surface area contributed by atoms with E-state index in [1.807, 2.05) is 36.9 Å². The summed E-state index contributed by atoms with van der Waals surface area (Å²) >= 11 is 12.8. The van der Waals surface area contributed by atoms with Crippen molar-refractivity contribution in [3.05, 3.63) is 58.0 Å². The van der Waals surface area contributed by atoms with Gasteiger partial charge in [0.2, 0.25) is 5.91 Å². The van der Waals surface area contributed by atoms with Crippen molar-refractivity contribution in [2.24, 2.45) is 0 Å². The number of nitrogens with zero attached hydrogens (tertiary/aromatic N) is 6. The zero-order valence-electron chi connectivity index (χ0n) is 21.5. The molecule has 2 aromatic heterocycles. The predicted octanol–water partition coefficient (Wildman–Crippen LogP) is 4.01. The fraction of sp³-hybridized carbons (Fsp3) is 0.385. The highest BCUT2D eigenvalue weighted by atomic mass is 35.5. The fourth-order valence-corrected chi connectivity index (χ4v) is 4.82. The van der Waals surface area contributed by atoms with Crippen LogP contribution in [0.3, 0.4) is 0 Å². The van der Waals surface area contributed by atoms with Gasteiger partial charge in [-0.3, -0.25) is 19.3 Å². The first-order chi connectivity index (χ1) is 17.6. The molecule has 1 aromatic carbocycles. The molecule has 196 valence electrons. The number of anilines is 1. The number of carbonyl (C=O) groups is 2. The maximum absolute atomic E-state index is 13.3. The minimum absolute atomic E-state index is 0.000267. The van der Waals surface area contributed by atoms with E-state index in [9.17, 15) is 9.59 Å². The van der Waals surface area contributed by atoms with E-state index >= 15 is 0 Å². The normalized spacial score (nSPS) is 15.6. The van der Waals surface area contributed by atoms with Gasteiger partial charge in [-0.25, -0.2) is 0 Å². The van der Waals surface area contributed by atoms with Gasteiger partial charge in [-0.15, -0.1) is 0 Å². The smallest absolute Gasteiger partial charge is 0.271 e. The molecular weight excluding hydrogens is 515 g/mol. The number of hydrogen-bond donors (Lipinski definition) is 0. The SMILES string of the molecule is COc1cc(N2CCN(C(=O)Cn3nc(-c4ccc(C(=O)N(C)C)nc4)c(Cl)c3C)C(C)C2)ccc1Cl. The average Bonchev–Trinajstić information content (AvgIpc) is 3.16. The third kappa shape index (κ3) is 5.52. The summed E-state index contributed by atoms with van der Waals surface area (Å²) in [5.74, 6) is 0.412. The van der Waals surface area contributed by atoms with Crippen LogP contribution in [-0.4, -0.2) is 83.3 Å². The molecule has 37 heavy (non-hydrogen) atoms. The quantitative estimate of drug-likeness (QED) is 0.466. The summed E-state index contributed by atoms with van der Waals surface area (Å²) in [6, 6.07) is 9.11. The van der Waals surface area contributed by atoms with Crippen LogP contribution in [0.5, 0.6) is 5.75 Å². The molecule has 1 saturated heterocycles. The van der Waals surface area contributed by atoms with Gasteiger partial charge in [0, 0.05) is 63.3 Å². The molecule has 1 fully saturated rings. The molecule has 11 heteroatoms. The monoisotopic (exact) mass is 544 g/mol. The molecule has 0 radical (unpaired) electrons. The summed E-state index contributed by atoms with van der Waals surface area (Å²) in [7, 11) is 4.94. The molecule has 0 saturated carbocycles. The van der Waals surface area contributed by atoms with E-state index < -0.39 is 0 Å². The van der Waals surface area contributed by atoms with Crippen LogP contribution in [0.1, 0.15) is 23.1 Å². The Labute approximate surface area is 226 Å². The zero-order chi connectivity index (χ0) is 26.9. The van der Waals surface area contributed by atoms with Gasteiger partial charge in [-0.2, -0.15) is 5.10 Å². The van der Waals surface area contributed by atoms with Crippen LogP contribution < -0.4 is 9.64 Å². The Balaban J connectivity index is 1.45. The largest absolute Gasteiger partial charge is 0.495 e. The first-order valence-corrected chi connectivity index (χ1v) is 12.6. The van der Waals surface area contributed by atoms with Gasteiger partial charge in [0.25, 0.3) is 5.91 Å². The van der Waals surface area contributed by atoms with E-state index in [1.54, 1.807) is 44.2 Å². The van der Waals surface area contributed by atoms with Gasteiger partial charge in [0.05, 0.1) is 22.8 Å². The van der Waals surface area contributed by atoms with Crippen LogP contribution in [-0.2, 0) is 11.3 Å². The Morgan fingerprint density at radius 2 is 1.92 bits per heavy atom. The van der Waals surface area contributed by atoms with Crippen molar-refractivity contribution in [3.8, 4) is 17.0 Å². The minimum atomic E-state index is -0.186. The Kier molecular flexibility index (Phi) is 7.94. The number of methoxy groups -OCH3 is 1. The molecule has 4 rings (SSSR count). The summed E-state index contributed by atoms with van der Waals surface area (Å²) in [5.41, 5.74) is 3.23. The Morgan fingerprint density at radius 3 is 2.54 bits per heavy atom. The lowest BCUT2D eigenvalue weighted by molar-refractivity contribution is -0.134. The third-order valence-electron chi connectivity index (χ3n) is 6.53. The highest BCUT2D eigenvalue weighted by molar-refractivity contribution is 6.33. The van der Waals surface area contributed by atoms with Crippen molar-refractivity contribution in [3.63, 3.8) is 0 Å². The number of ether oxygens (including phenoxy) is 1. The summed E-state index contributed by atoms with van der Waals surface area (Å²) in [4.78, 5) is 35.2. The molecule has 0 N–H and O–H groups in total. The Hall–Kier alpha value is -3.30. The third-order valence-corrected chi connectivity index (χ3v) is 7.29. The van der Waals surface area contributed by atoms with E-state index in [2.05, 4.69) is 15.0 Å².